The molecule has 1 unspecified atom stereocenters. The van der Waals surface area contributed by atoms with Crippen molar-refractivity contribution in [2.75, 3.05) is 18.0 Å². The predicted octanol–water partition coefficient (Wildman–Crippen LogP) is 4.83. The van der Waals surface area contributed by atoms with Crippen LogP contribution in [0.3, 0.4) is 0 Å². The van der Waals surface area contributed by atoms with E-state index in [1.165, 1.54) is 0 Å². The van der Waals surface area contributed by atoms with Crippen molar-refractivity contribution >= 4 is 51.0 Å². The molecule has 0 spiro atoms. The number of aromatic nitrogens is 4. The van der Waals surface area contributed by atoms with Gasteiger partial charge in [0.15, 0.2) is 5.82 Å². The van der Waals surface area contributed by atoms with Gasteiger partial charge in [0.2, 0.25) is 11.8 Å². The average Bonchev–Trinajstić information content (AvgIpc) is 3.58. The maximum Gasteiger partial charge on any atom is 0.270 e. The summed E-state index contributed by atoms with van der Waals surface area (Å²) in [4.78, 5) is 65.6. The van der Waals surface area contributed by atoms with E-state index < -0.39 is 5.92 Å². The molecule has 1 fully saturated rings. The fourth-order valence-corrected chi connectivity index (χ4v) is 7.01. The summed E-state index contributed by atoms with van der Waals surface area (Å²) in [7, 11) is 1.80. The van der Waals surface area contributed by atoms with Gasteiger partial charge in [-0.25, -0.2) is 9.97 Å². The molecule has 2 aliphatic rings. The Morgan fingerprint density at radius 1 is 1.02 bits per heavy atom. The number of carbonyl (C=O) groups is 3. The van der Waals surface area contributed by atoms with E-state index in [4.69, 9.17) is 9.40 Å². The number of anilines is 2. The zero-order valence-corrected chi connectivity index (χ0v) is 28.5. The molecule has 8 rings (SSSR count). The van der Waals surface area contributed by atoms with Gasteiger partial charge in [-0.1, -0.05) is 17.9 Å². The highest BCUT2D eigenvalue weighted by molar-refractivity contribution is 6.03. The summed E-state index contributed by atoms with van der Waals surface area (Å²) in [5, 5.41) is 6.94. The topological polar surface area (TPSA) is 152 Å². The molecule has 1 saturated heterocycles. The number of aryl methyl sites for hydroxylation is 3. The van der Waals surface area contributed by atoms with Gasteiger partial charge in [-0.05, 0) is 74.7 Å². The summed E-state index contributed by atoms with van der Waals surface area (Å²) in [6.45, 7) is 2.74. The zero-order valence-electron chi connectivity index (χ0n) is 28.5. The van der Waals surface area contributed by atoms with E-state index in [2.05, 4.69) is 43.4 Å². The summed E-state index contributed by atoms with van der Waals surface area (Å²) < 4.78 is 7.34. The third-order valence-electron chi connectivity index (χ3n) is 9.69. The molecule has 0 radical (unpaired) electrons. The highest BCUT2D eigenvalue weighted by atomic mass is 16.3. The molecule has 258 valence electrons. The highest BCUT2D eigenvalue weighted by Gasteiger charge is 2.30. The van der Waals surface area contributed by atoms with Crippen LogP contribution in [0.25, 0.3) is 33.3 Å². The molecule has 6 aromatic rings. The van der Waals surface area contributed by atoms with Crippen LogP contribution in [0.15, 0.2) is 82.5 Å². The SMILES string of the molecule is Cc1cc2c(N3CCCc4nc(-c5ccc(C(=O)NCC#Cc6ccc7occ(C8CCC(=O)NC8=O)c7c6)nc5)ncc43)cccc2n(C)c1=O. The van der Waals surface area contributed by atoms with Gasteiger partial charge >= 0.3 is 0 Å². The molecule has 12 heteroatoms. The van der Waals surface area contributed by atoms with Gasteiger partial charge in [0.25, 0.3) is 11.5 Å². The van der Waals surface area contributed by atoms with E-state index >= 15 is 0 Å². The molecule has 2 N–H and O–H groups in total. The monoisotopic (exact) mass is 691 g/mol. The van der Waals surface area contributed by atoms with Crippen molar-refractivity contribution in [3.63, 3.8) is 0 Å². The summed E-state index contributed by atoms with van der Waals surface area (Å²) in [6, 6.07) is 16.8. The standard InChI is InChI=1S/C40H33N7O5/c1-23-18-28-32(46(2)40(23)51)8-3-9-33(28)47-17-5-7-30-34(47)21-43-37(44-30)25-11-13-31(42-20-25)39(50)41-16-4-6-24-10-14-35-27(19-24)29(22-52-35)26-12-15-36(48)45-38(26)49/h3,8-11,13-14,18-22,26H,5,7,12,15-17H2,1-2H3,(H,41,50)(H,45,48,49). The van der Waals surface area contributed by atoms with Crippen molar-refractivity contribution < 1.29 is 18.8 Å². The van der Waals surface area contributed by atoms with Crippen molar-refractivity contribution in [2.24, 2.45) is 7.05 Å². The molecular weight excluding hydrogens is 658 g/mol. The number of amides is 3. The van der Waals surface area contributed by atoms with Gasteiger partial charge in [-0.15, -0.1) is 0 Å². The number of piperidine rings is 1. The number of fused-ring (bicyclic) bond motifs is 3. The van der Waals surface area contributed by atoms with E-state index in [-0.39, 0.29) is 41.9 Å². The van der Waals surface area contributed by atoms with E-state index in [0.717, 1.165) is 58.3 Å². The number of hydrogen-bond acceptors (Lipinski definition) is 9. The van der Waals surface area contributed by atoms with Crippen LogP contribution in [0.2, 0.25) is 0 Å². The molecule has 0 aliphatic carbocycles. The quantitative estimate of drug-likeness (QED) is 0.191. The second kappa shape index (κ2) is 13.3. The van der Waals surface area contributed by atoms with Crippen LogP contribution in [0.1, 0.15) is 58.1 Å². The van der Waals surface area contributed by atoms with Gasteiger partial charge in [-0.2, -0.15) is 0 Å². The van der Waals surface area contributed by atoms with E-state index in [9.17, 15) is 19.2 Å². The number of nitrogens with one attached hydrogen (secondary N) is 2. The first-order valence-electron chi connectivity index (χ1n) is 17.1. The Balaban J connectivity index is 0.941. The molecular formula is C40H33N7O5. The molecule has 52 heavy (non-hydrogen) atoms. The second-order valence-corrected chi connectivity index (χ2v) is 13.0. The first-order valence-corrected chi connectivity index (χ1v) is 17.1. The number of pyridine rings is 2. The van der Waals surface area contributed by atoms with Crippen LogP contribution in [0.4, 0.5) is 11.4 Å². The second-order valence-electron chi connectivity index (χ2n) is 13.0. The van der Waals surface area contributed by atoms with Crippen molar-refractivity contribution in [3.05, 3.63) is 112 Å². The van der Waals surface area contributed by atoms with Gasteiger partial charge in [-0.3, -0.25) is 29.5 Å². The van der Waals surface area contributed by atoms with Crippen LogP contribution >= 0.6 is 0 Å². The van der Waals surface area contributed by atoms with E-state index in [1.807, 2.05) is 43.5 Å². The van der Waals surface area contributed by atoms with Crippen molar-refractivity contribution in [1.29, 1.82) is 0 Å². The first kappa shape index (κ1) is 32.6. The van der Waals surface area contributed by atoms with Gasteiger partial charge in [0, 0.05) is 59.2 Å². The van der Waals surface area contributed by atoms with Crippen LogP contribution in [-0.4, -0.2) is 50.3 Å². The molecule has 0 saturated carbocycles. The fourth-order valence-electron chi connectivity index (χ4n) is 7.01. The lowest BCUT2D eigenvalue weighted by atomic mass is 9.90. The lowest BCUT2D eigenvalue weighted by molar-refractivity contribution is -0.134. The fraction of sp³-hybridized carbons (Fsp3) is 0.225. The highest BCUT2D eigenvalue weighted by Crippen LogP contribution is 2.37. The number of rotatable bonds is 5. The van der Waals surface area contributed by atoms with Crippen molar-refractivity contribution in [2.45, 2.75) is 38.5 Å². The molecule has 4 aromatic heterocycles. The normalized spacial score (nSPS) is 15.6. The van der Waals surface area contributed by atoms with E-state index in [0.29, 0.717) is 34.5 Å². The number of imide groups is 1. The Labute approximate surface area is 297 Å². The lowest BCUT2D eigenvalue weighted by Crippen LogP contribution is -2.39. The van der Waals surface area contributed by atoms with Crippen molar-refractivity contribution in [1.82, 2.24) is 30.2 Å². The molecule has 2 aliphatic heterocycles. The summed E-state index contributed by atoms with van der Waals surface area (Å²) in [6.07, 6.45) is 7.40. The number of hydrogen-bond donors (Lipinski definition) is 2. The Morgan fingerprint density at radius 3 is 2.73 bits per heavy atom. The number of carbonyl (C=O) groups excluding carboxylic acids is 3. The first-order chi connectivity index (χ1) is 25.2. The largest absolute Gasteiger partial charge is 0.464 e. The minimum absolute atomic E-state index is 0.00754. The number of benzene rings is 2. The molecule has 12 nitrogen and oxygen atoms in total. The Hall–Kier alpha value is -6.61. The van der Waals surface area contributed by atoms with Crippen LogP contribution < -0.4 is 21.1 Å². The Kier molecular flexibility index (Phi) is 8.31. The zero-order chi connectivity index (χ0) is 35.9. The Bertz CT molecular complexity index is 2560. The van der Waals surface area contributed by atoms with E-state index in [1.54, 1.807) is 42.3 Å². The number of furan rings is 1. The van der Waals surface area contributed by atoms with Gasteiger partial charge in [0.05, 0.1) is 47.5 Å². The maximum absolute atomic E-state index is 12.9. The predicted molar refractivity (Wildman–Crippen MR) is 195 cm³/mol. The Morgan fingerprint density at radius 2 is 1.90 bits per heavy atom. The third-order valence-corrected chi connectivity index (χ3v) is 9.69. The maximum atomic E-state index is 12.9. The molecule has 0 bridgehead atoms. The minimum atomic E-state index is -0.464. The summed E-state index contributed by atoms with van der Waals surface area (Å²) >= 11 is 0. The average molecular weight is 692 g/mol. The molecule has 2 aromatic carbocycles. The molecule has 3 amide bonds. The number of nitrogens with zero attached hydrogens (tertiary/aromatic N) is 5. The summed E-state index contributed by atoms with van der Waals surface area (Å²) in [5.41, 5.74) is 7.40. The summed E-state index contributed by atoms with van der Waals surface area (Å²) in [5.74, 6) is 5.12. The smallest absolute Gasteiger partial charge is 0.270 e. The van der Waals surface area contributed by atoms with Crippen LogP contribution in [0, 0.1) is 18.8 Å². The lowest BCUT2D eigenvalue weighted by Gasteiger charge is -2.31. The van der Waals surface area contributed by atoms with Gasteiger partial charge in [0.1, 0.15) is 11.3 Å². The molecule has 1 atom stereocenters. The van der Waals surface area contributed by atoms with Crippen LogP contribution in [-0.2, 0) is 23.1 Å². The minimum Gasteiger partial charge on any atom is -0.464 e. The van der Waals surface area contributed by atoms with Crippen LogP contribution in [0.5, 0.6) is 0 Å². The third kappa shape index (κ3) is 5.96. The molecule has 6 heterocycles. The van der Waals surface area contributed by atoms with Gasteiger partial charge < -0.3 is 19.2 Å². The van der Waals surface area contributed by atoms with Crippen molar-refractivity contribution in [3.8, 4) is 23.2 Å².